The third-order valence-electron chi connectivity index (χ3n) is 4.05. The third kappa shape index (κ3) is 4.27. The number of carbonyl (C=O) groups is 1. The van der Waals surface area contributed by atoms with Gasteiger partial charge in [-0.1, -0.05) is 17.7 Å². The smallest absolute Gasteiger partial charge is 0.335 e. The number of benzene rings is 2. The van der Waals surface area contributed by atoms with Gasteiger partial charge in [0.25, 0.3) is 11.5 Å². The maximum absolute atomic E-state index is 12.2. The summed E-state index contributed by atoms with van der Waals surface area (Å²) in [6, 6.07) is 12.7. The van der Waals surface area contributed by atoms with E-state index in [4.69, 9.17) is 11.6 Å². The minimum atomic E-state index is -0.807. The van der Waals surface area contributed by atoms with E-state index in [0.717, 1.165) is 10.8 Å². The lowest BCUT2D eigenvalue weighted by Gasteiger charge is -2.10. The molecule has 0 aliphatic rings. The predicted octanol–water partition coefficient (Wildman–Crippen LogP) is 2.34. The molecule has 3 rings (SSSR count). The summed E-state index contributed by atoms with van der Waals surface area (Å²) in [6.45, 7) is 0. The quantitative estimate of drug-likeness (QED) is 0.641. The zero-order valence-electron chi connectivity index (χ0n) is 15.6. The number of H-pyrrole nitrogens is 1. The average molecular weight is 413 g/mol. The van der Waals surface area contributed by atoms with Crippen LogP contribution in [0.5, 0.6) is 5.88 Å². The van der Waals surface area contributed by atoms with Crippen LogP contribution < -0.4 is 11.2 Å². The first kappa shape index (κ1) is 20.1. The first-order chi connectivity index (χ1) is 13.8. The van der Waals surface area contributed by atoms with Gasteiger partial charge in [-0.05, 0) is 42.5 Å². The second-order valence-electron chi connectivity index (χ2n) is 6.32. The number of amides is 1. The number of aromatic amines is 1. The van der Waals surface area contributed by atoms with E-state index in [1.54, 1.807) is 56.6 Å². The number of nitrogens with one attached hydrogen (secondary N) is 1. The van der Waals surface area contributed by atoms with Crippen LogP contribution in [0, 0.1) is 0 Å². The van der Waals surface area contributed by atoms with Crippen LogP contribution in [0.4, 0.5) is 5.69 Å². The summed E-state index contributed by atoms with van der Waals surface area (Å²) >= 11 is 5.94. The number of aromatic hydroxyl groups is 1. The monoisotopic (exact) mass is 412 g/mol. The zero-order chi connectivity index (χ0) is 21.1. The van der Waals surface area contributed by atoms with E-state index in [1.165, 1.54) is 11.0 Å². The maximum atomic E-state index is 12.2. The van der Waals surface area contributed by atoms with Crippen LogP contribution in [-0.2, 0) is 0 Å². The lowest BCUT2D eigenvalue weighted by atomic mass is 10.2. The molecule has 0 radical (unpaired) electrons. The van der Waals surface area contributed by atoms with Gasteiger partial charge in [-0.3, -0.25) is 19.6 Å². The highest BCUT2D eigenvalue weighted by atomic mass is 35.5. The second-order valence-corrected chi connectivity index (χ2v) is 6.75. The Kier molecular flexibility index (Phi) is 5.65. The lowest BCUT2D eigenvalue weighted by Crippen LogP contribution is -2.31. The molecule has 0 fully saturated rings. The molecule has 2 N–H and O–H groups in total. The highest BCUT2D eigenvalue weighted by molar-refractivity contribution is 6.30. The van der Waals surface area contributed by atoms with E-state index >= 15 is 0 Å². The molecule has 8 nitrogen and oxygen atoms in total. The summed E-state index contributed by atoms with van der Waals surface area (Å²) in [7, 11) is 3.30. The van der Waals surface area contributed by atoms with Gasteiger partial charge >= 0.3 is 5.69 Å². The van der Waals surface area contributed by atoms with Crippen molar-refractivity contribution in [1.82, 2.24) is 14.5 Å². The summed E-state index contributed by atoms with van der Waals surface area (Å²) in [5, 5.41) is 10.9. The average Bonchev–Trinajstić information content (AvgIpc) is 2.67. The number of halogens is 1. The van der Waals surface area contributed by atoms with Gasteiger partial charge in [0, 0.05) is 30.9 Å². The summed E-state index contributed by atoms with van der Waals surface area (Å²) in [5.41, 5.74) is -0.549. The van der Waals surface area contributed by atoms with Crippen LogP contribution in [-0.4, -0.2) is 45.8 Å². The Hall–Kier alpha value is -3.65. The van der Waals surface area contributed by atoms with E-state index < -0.39 is 17.1 Å². The molecule has 0 saturated heterocycles. The van der Waals surface area contributed by atoms with Gasteiger partial charge in [-0.25, -0.2) is 9.36 Å². The van der Waals surface area contributed by atoms with Crippen molar-refractivity contribution in [3.8, 4) is 11.6 Å². The molecule has 29 heavy (non-hydrogen) atoms. The normalized spacial score (nSPS) is 11.0. The molecule has 0 bridgehead atoms. The number of carbonyl (C=O) groups excluding carboxylic acids is 1. The fourth-order valence-corrected chi connectivity index (χ4v) is 2.78. The van der Waals surface area contributed by atoms with Crippen LogP contribution in [0.1, 0.15) is 15.9 Å². The minimum absolute atomic E-state index is 0.150. The largest absolute Gasteiger partial charge is 0.493 e. The molecule has 2 aromatic carbocycles. The first-order valence-corrected chi connectivity index (χ1v) is 8.85. The van der Waals surface area contributed by atoms with Gasteiger partial charge in [-0.2, -0.15) is 0 Å². The molecule has 1 amide bonds. The number of hydrogen-bond donors (Lipinski definition) is 2. The van der Waals surface area contributed by atoms with Crippen LogP contribution in [0.2, 0.25) is 5.02 Å². The number of hydrogen-bond acceptors (Lipinski definition) is 5. The molecule has 9 heteroatoms. The van der Waals surface area contributed by atoms with Crippen LogP contribution in [0.15, 0.2) is 63.1 Å². The Morgan fingerprint density at radius 2 is 1.86 bits per heavy atom. The number of aromatic nitrogens is 2. The summed E-state index contributed by atoms with van der Waals surface area (Å²) in [4.78, 5) is 44.0. The number of rotatable bonds is 4. The van der Waals surface area contributed by atoms with Gasteiger partial charge in [0.15, 0.2) is 0 Å². The van der Waals surface area contributed by atoms with Gasteiger partial charge in [0.05, 0.1) is 11.4 Å². The van der Waals surface area contributed by atoms with Crippen molar-refractivity contribution in [2.75, 3.05) is 14.1 Å². The van der Waals surface area contributed by atoms with Crippen molar-refractivity contribution in [2.24, 2.45) is 4.99 Å². The summed E-state index contributed by atoms with van der Waals surface area (Å²) < 4.78 is 0.924. The fraction of sp³-hybridized carbons (Fsp3) is 0.100. The van der Waals surface area contributed by atoms with Gasteiger partial charge in [0.2, 0.25) is 5.88 Å². The Balaban J connectivity index is 1.99. The van der Waals surface area contributed by atoms with E-state index in [2.05, 4.69) is 9.98 Å². The van der Waals surface area contributed by atoms with E-state index in [0.29, 0.717) is 16.3 Å². The maximum Gasteiger partial charge on any atom is 0.335 e. The first-order valence-electron chi connectivity index (χ1n) is 8.48. The zero-order valence-corrected chi connectivity index (χ0v) is 16.3. The second kappa shape index (κ2) is 8.15. The molecule has 0 unspecified atom stereocenters. The Morgan fingerprint density at radius 1 is 1.17 bits per heavy atom. The minimum Gasteiger partial charge on any atom is -0.493 e. The van der Waals surface area contributed by atoms with Gasteiger partial charge < -0.3 is 10.0 Å². The Bertz CT molecular complexity index is 1210. The molecule has 0 atom stereocenters. The van der Waals surface area contributed by atoms with Crippen molar-refractivity contribution in [3.05, 3.63) is 85.5 Å². The molecule has 3 aromatic rings. The molecule has 1 heterocycles. The van der Waals surface area contributed by atoms with Crippen LogP contribution >= 0.6 is 11.6 Å². The molecule has 0 saturated carbocycles. The van der Waals surface area contributed by atoms with Gasteiger partial charge in [-0.15, -0.1) is 0 Å². The molecular formula is C20H17ClN4O4. The van der Waals surface area contributed by atoms with Crippen LogP contribution in [0.3, 0.4) is 0 Å². The van der Waals surface area contributed by atoms with Crippen molar-refractivity contribution < 1.29 is 9.90 Å². The van der Waals surface area contributed by atoms with Crippen molar-refractivity contribution in [3.63, 3.8) is 0 Å². The Morgan fingerprint density at radius 3 is 2.48 bits per heavy atom. The number of aliphatic imine (C=N–C) groups is 1. The van der Waals surface area contributed by atoms with Crippen molar-refractivity contribution in [1.29, 1.82) is 0 Å². The number of nitrogens with zero attached hydrogens (tertiary/aromatic N) is 3. The van der Waals surface area contributed by atoms with E-state index in [1.807, 2.05) is 0 Å². The third-order valence-corrected chi connectivity index (χ3v) is 4.29. The summed E-state index contributed by atoms with van der Waals surface area (Å²) in [5.74, 6) is -0.715. The molecule has 0 aliphatic carbocycles. The standard InChI is InChI=1S/C20H17ClN4O4/c1-24(2)18(27)12-6-8-14(9-7-12)22-11-16-17(26)23-20(29)25(19(16)28)15-5-3-4-13(21)10-15/h3-11,28H,1-2H3,(H,23,26,29). The predicted molar refractivity (Wildman–Crippen MR) is 111 cm³/mol. The SMILES string of the molecule is CN(C)C(=O)c1ccc(N=Cc2c(O)n(-c3cccc(Cl)c3)c(=O)[nH]c2=O)cc1. The van der Waals surface area contributed by atoms with Crippen LogP contribution in [0.25, 0.3) is 5.69 Å². The molecule has 148 valence electrons. The molecule has 0 spiro atoms. The highest BCUT2D eigenvalue weighted by Gasteiger charge is 2.14. The van der Waals surface area contributed by atoms with E-state index in [-0.39, 0.29) is 17.2 Å². The highest BCUT2D eigenvalue weighted by Crippen LogP contribution is 2.20. The van der Waals surface area contributed by atoms with Crippen molar-refractivity contribution in [2.45, 2.75) is 0 Å². The molecule has 1 aromatic heterocycles. The van der Waals surface area contributed by atoms with Gasteiger partial charge in [0.1, 0.15) is 5.56 Å². The topological polar surface area (TPSA) is 108 Å². The molecule has 0 aliphatic heterocycles. The van der Waals surface area contributed by atoms with Crippen molar-refractivity contribution >= 4 is 29.4 Å². The van der Waals surface area contributed by atoms with E-state index in [9.17, 15) is 19.5 Å². The fourth-order valence-electron chi connectivity index (χ4n) is 2.60. The summed E-state index contributed by atoms with van der Waals surface area (Å²) in [6.07, 6.45) is 1.15. The lowest BCUT2D eigenvalue weighted by molar-refractivity contribution is 0.0827. The molecular weight excluding hydrogens is 396 g/mol. The Labute approximate surface area is 170 Å².